The molecule has 1 aromatic heterocycles. The first-order valence-corrected chi connectivity index (χ1v) is 14.9. The Hall–Kier alpha value is -4.21. The molecule has 8 heteroatoms. The number of benzene rings is 4. The van der Waals surface area contributed by atoms with Crippen molar-refractivity contribution in [3.8, 4) is 16.9 Å². The second-order valence-corrected chi connectivity index (χ2v) is 11.7. The molecule has 0 bridgehead atoms. The van der Waals surface area contributed by atoms with E-state index in [1.54, 1.807) is 26.0 Å². The minimum atomic E-state index is -1.37. The van der Waals surface area contributed by atoms with E-state index in [2.05, 4.69) is 17.4 Å². The van der Waals surface area contributed by atoms with Crippen molar-refractivity contribution in [2.45, 2.75) is 56.9 Å². The van der Waals surface area contributed by atoms with E-state index in [0.29, 0.717) is 29.0 Å². The second kappa shape index (κ2) is 12.4. The zero-order valence-corrected chi connectivity index (χ0v) is 25.0. The number of hydrogen-bond acceptors (Lipinski definition) is 7. The highest BCUT2D eigenvalue weighted by Crippen LogP contribution is 2.39. The molecule has 5 aromatic rings. The van der Waals surface area contributed by atoms with Crippen molar-refractivity contribution in [3.05, 3.63) is 102 Å². The molecule has 1 aliphatic heterocycles. The van der Waals surface area contributed by atoms with Gasteiger partial charge in [-0.2, -0.15) is 0 Å². The van der Waals surface area contributed by atoms with Gasteiger partial charge < -0.3 is 34.2 Å². The Morgan fingerprint density at radius 1 is 0.886 bits per heavy atom. The molecule has 8 nitrogen and oxygen atoms in total. The van der Waals surface area contributed by atoms with Gasteiger partial charge >= 0.3 is 0 Å². The fraction of sp³-hybridized carbons (Fsp3) is 0.306. The summed E-state index contributed by atoms with van der Waals surface area (Å²) in [7, 11) is 1.46. The number of hydrogen-bond donors (Lipinski definition) is 3. The van der Waals surface area contributed by atoms with Crippen molar-refractivity contribution in [2.24, 2.45) is 0 Å². The summed E-state index contributed by atoms with van der Waals surface area (Å²) in [4.78, 5) is 13.8. The fourth-order valence-electron chi connectivity index (χ4n) is 6.05. The summed E-state index contributed by atoms with van der Waals surface area (Å²) < 4.78 is 23.8. The number of furan rings is 1. The molecule has 1 saturated heterocycles. The average Bonchev–Trinajstić information content (AvgIpc) is 3.41. The number of fused-ring (bicyclic) bond motifs is 3. The molecule has 3 N–H and O–H groups in total. The Bertz CT molecular complexity index is 1760. The van der Waals surface area contributed by atoms with Gasteiger partial charge in [0, 0.05) is 30.0 Å². The highest BCUT2D eigenvalue weighted by molar-refractivity contribution is 6.12. The first kappa shape index (κ1) is 29.8. The topological polar surface area (TPSA) is 110 Å². The number of carbonyl (C=O) groups excluding carboxylic acids is 1. The molecule has 44 heavy (non-hydrogen) atoms. The molecule has 6 rings (SSSR count). The Balaban J connectivity index is 1.33. The van der Waals surface area contributed by atoms with Crippen LogP contribution in [0.2, 0.25) is 0 Å². The first-order valence-electron chi connectivity index (χ1n) is 14.9. The fourth-order valence-corrected chi connectivity index (χ4v) is 6.05. The number of aliphatic hydroxyl groups excluding tert-OH is 2. The Morgan fingerprint density at radius 3 is 2.43 bits per heavy atom. The van der Waals surface area contributed by atoms with Crippen molar-refractivity contribution < 1.29 is 33.6 Å². The molecule has 4 atom stereocenters. The average molecular weight is 596 g/mol. The van der Waals surface area contributed by atoms with Crippen LogP contribution in [0.1, 0.15) is 36.2 Å². The maximum Gasteiger partial charge on any atom is 0.252 e. The quantitative estimate of drug-likeness (QED) is 0.183. The highest BCUT2D eigenvalue weighted by Gasteiger charge is 2.50. The van der Waals surface area contributed by atoms with Gasteiger partial charge in [0.05, 0.1) is 11.2 Å². The summed E-state index contributed by atoms with van der Waals surface area (Å²) in [6.07, 6.45) is -2.92. The third-order valence-corrected chi connectivity index (χ3v) is 8.25. The molecule has 0 spiro atoms. The Kier molecular flexibility index (Phi) is 8.42. The first-order chi connectivity index (χ1) is 21.3. The number of aliphatic hydroxyl groups is 2. The number of amides is 1. The third-order valence-electron chi connectivity index (χ3n) is 8.25. The monoisotopic (exact) mass is 595 g/mol. The van der Waals surface area contributed by atoms with Gasteiger partial charge in [-0.3, -0.25) is 4.79 Å². The zero-order chi connectivity index (χ0) is 30.8. The van der Waals surface area contributed by atoms with Crippen LogP contribution in [-0.2, 0) is 15.9 Å². The predicted molar refractivity (Wildman–Crippen MR) is 169 cm³/mol. The summed E-state index contributed by atoms with van der Waals surface area (Å²) in [5.74, 6) is 0.0411. The number of nitrogens with one attached hydrogen (secondary N) is 1. The Morgan fingerprint density at radius 2 is 1.64 bits per heavy atom. The molecular formula is C36H37NO7. The van der Waals surface area contributed by atoms with Crippen molar-refractivity contribution in [1.29, 1.82) is 0 Å². The number of rotatable bonds is 9. The maximum absolute atomic E-state index is 13.8. The summed E-state index contributed by atoms with van der Waals surface area (Å²) in [6, 6.07) is 29.1. The minimum Gasteiger partial charge on any atom is -0.462 e. The lowest BCUT2D eigenvalue weighted by Crippen LogP contribution is -2.63. The van der Waals surface area contributed by atoms with Crippen LogP contribution in [0, 0.1) is 0 Å². The van der Waals surface area contributed by atoms with Crippen LogP contribution >= 0.6 is 0 Å². The molecule has 228 valence electrons. The van der Waals surface area contributed by atoms with E-state index >= 15 is 0 Å². The zero-order valence-electron chi connectivity index (χ0n) is 25.0. The van der Waals surface area contributed by atoms with Crippen LogP contribution in [0.5, 0.6) is 5.75 Å². The molecule has 0 unspecified atom stereocenters. The molecule has 1 amide bonds. The molecule has 1 fully saturated rings. The van der Waals surface area contributed by atoms with Gasteiger partial charge in [-0.25, -0.2) is 0 Å². The number of ether oxygens (including phenoxy) is 3. The maximum atomic E-state index is 13.8. The SMILES string of the molecule is CO[C@@H]1[C@@H](O)[C@@H](O)[C@H](Oc2ccc(-c3cccc4c3oc3ccccc34)c(C(=O)NCCCc3ccccc3)c2)OC1(C)C. The van der Waals surface area contributed by atoms with Gasteiger partial charge in [0.25, 0.3) is 5.91 Å². The van der Waals surface area contributed by atoms with Gasteiger partial charge in [0.1, 0.15) is 35.2 Å². The number of carbonyl (C=O) groups is 1. The molecule has 0 saturated carbocycles. The largest absolute Gasteiger partial charge is 0.462 e. The smallest absolute Gasteiger partial charge is 0.252 e. The Labute approximate surface area is 256 Å². The van der Waals surface area contributed by atoms with Crippen molar-refractivity contribution in [3.63, 3.8) is 0 Å². The van der Waals surface area contributed by atoms with Crippen molar-refractivity contribution >= 4 is 27.8 Å². The molecule has 0 aliphatic carbocycles. The molecule has 4 aromatic carbocycles. The van der Waals surface area contributed by atoms with E-state index in [-0.39, 0.29) is 5.91 Å². The summed E-state index contributed by atoms with van der Waals surface area (Å²) in [5, 5.41) is 26.5. The molecule has 0 radical (unpaired) electrons. The van der Waals surface area contributed by atoms with E-state index in [1.807, 2.05) is 66.7 Å². The minimum absolute atomic E-state index is 0.267. The number of aryl methyl sites for hydroxylation is 1. The number of para-hydroxylation sites is 2. The van der Waals surface area contributed by atoms with Gasteiger partial charge in [0.15, 0.2) is 0 Å². The van der Waals surface area contributed by atoms with Crippen LogP contribution < -0.4 is 10.1 Å². The van der Waals surface area contributed by atoms with E-state index in [9.17, 15) is 15.0 Å². The van der Waals surface area contributed by atoms with Crippen LogP contribution in [0.25, 0.3) is 33.1 Å². The van der Waals surface area contributed by atoms with Crippen LogP contribution in [0.15, 0.2) is 95.4 Å². The second-order valence-electron chi connectivity index (χ2n) is 11.7. The lowest BCUT2D eigenvalue weighted by atomic mass is 9.89. The predicted octanol–water partition coefficient (Wildman–Crippen LogP) is 5.87. The molecule has 1 aliphatic rings. The van der Waals surface area contributed by atoms with Crippen molar-refractivity contribution in [2.75, 3.05) is 13.7 Å². The van der Waals surface area contributed by atoms with Crippen molar-refractivity contribution in [1.82, 2.24) is 5.32 Å². The summed E-state index contributed by atoms with van der Waals surface area (Å²) in [5.41, 5.74) is 3.55. The van der Waals surface area contributed by atoms with Gasteiger partial charge in [-0.05, 0) is 62.1 Å². The third kappa shape index (κ3) is 5.81. The standard InChI is InChI=1S/C36H37NO7/c1-36(2)33(41-3)30(38)31(39)35(44-36)42-23-18-19-24(26-15-9-16-27-25-14-7-8-17-29(25)43-32(26)27)28(21-23)34(40)37-20-10-13-22-11-5-4-6-12-22/h4-9,11-12,14-19,21,30-31,33,35,38-39H,10,13,20H2,1-3H3,(H,37,40)/t30-,31+,33+,35+/m0/s1. The van der Waals surface area contributed by atoms with E-state index < -0.39 is 30.2 Å². The normalized spacial score (nSPS) is 21.4. The van der Waals surface area contributed by atoms with Crippen LogP contribution in [-0.4, -0.2) is 60.0 Å². The highest BCUT2D eigenvalue weighted by atomic mass is 16.7. The van der Waals surface area contributed by atoms with E-state index in [0.717, 1.165) is 34.8 Å². The molecule has 2 heterocycles. The van der Waals surface area contributed by atoms with Gasteiger partial charge in [-0.15, -0.1) is 0 Å². The lowest BCUT2D eigenvalue weighted by Gasteiger charge is -2.46. The summed E-state index contributed by atoms with van der Waals surface area (Å²) in [6.45, 7) is 4.01. The summed E-state index contributed by atoms with van der Waals surface area (Å²) >= 11 is 0. The van der Waals surface area contributed by atoms with Crippen LogP contribution in [0.4, 0.5) is 0 Å². The van der Waals surface area contributed by atoms with Gasteiger partial charge in [0.2, 0.25) is 6.29 Å². The van der Waals surface area contributed by atoms with E-state index in [1.165, 1.54) is 12.7 Å². The molecular weight excluding hydrogens is 558 g/mol. The van der Waals surface area contributed by atoms with Gasteiger partial charge in [-0.1, -0.05) is 66.7 Å². The van der Waals surface area contributed by atoms with E-state index in [4.69, 9.17) is 18.6 Å². The van der Waals surface area contributed by atoms with Crippen LogP contribution in [0.3, 0.4) is 0 Å². The lowest BCUT2D eigenvalue weighted by molar-refractivity contribution is -0.305. The number of methoxy groups -OCH3 is 1.